The summed E-state index contributed by atoms with van der Waals surface area (Å²) >= 11 is 0. The van der Waals surface area contributed by atoms with E-state index in [4.69, 9.17) is 0 Å². The van der Waals surface area contributed by atoms with Crippen molar-refractivity contribution in [3.8, 4) is 11.4 Å². The van der Waals surface area contributed by atoms with Crippen LogP contribution in [0.25, 0.3) is 44.7 Å². The Bertz CT molecular complexity index is 2110. The van der Waals surface area contributed by atoms with Gasteiger partial charge in [0, 0.05) is 22.8 Å². The van der Waals surface area contributed by atoms with Gasteiger partial charge < -0.3 is 0 Å². The van der Waals surface area contributed by atoms with Crippen molar-refractivity contribution < 1.29 is 0 Å². The van der Waals surface area contributed by atoms with E-state index >= 15 is 0 Å². The third kappa shape index (κ3) is 2.24. The molecule has 0 saturated heterocycles. The average Bonchev–Trinajstić information content (AvgIpc) is 3.59. The Morgan fingerprint density at radius 2 is 0.974 bits per heavy atom. The first-order valence-electron chi connectivity index (χ1n) is 14.1. The second-order valence-corrected chi connectivity index (χ2v) is 12.8. The second-order valence-electron chi connectivity index (χ2n) is 12.8. The van der Waals surface area contributed by atoms with E-state index in [0.29, 0.717) is 0 Å². The van der Waals surface area contributed by atoms with Crippen LogP contribution in [0.1, 0.15) is 48.8 Å². The van der Waals surface area contributed by atoms with Crippen LogP contribution in [0, 0.1) is 27.7 Å². The van der Waals surface area contributed by atoms with Crippen molar-refractivity contribution in [3.05, 3.63) is 88.7 Å². The summed E-state index contributed by atoms with van der Waals surface area (Å²) < 4.78 is 10.2. The van der Waals surface area contributed by atoms with Gasteiger partial charge in [0.15, 0.2) is 0 Å². The van der Waals surface area contributed by atoms with Crippen LogP contribution in [0.15, 0.2) is 60.7 Å². The van der Waals surface area contributed by atoms with Gasteiger partial charge in [0.2, 0.25) is 0 Å². The minimum Gasteiger partial charge on any atom is -0.298 e. The molecule has 2 aliphatic rings. The Kier molecular flexibility index (Phi) is 3.65. The molecule has 0 aliphatic carbocycles. The molecule has 4 nitrogen and oxygen atoms in total. The number of imidazole rings is 2. The first kappa shape index (κ1) is 21.8. The summed E-state index contributed by atoms with van der Waals surface area (Å²) in [6.45, 7) is 16.5. The Labute approximate surface area is 228 Å². The molecule has 9 rings (SSSR count). The van der Waals surface area contributed by atoms with Crippen molar-refractivity contribution in [2.24, 2.45) is 0 Å². The van der Waals surface area contributed by atoms with Crippen molar-refractivity contribution in [3.63, 3.8) is 0 Å². The van der Waals surface area contributed by atoms with E-state index in [2.05, 4.69) is 127 Å². The van der Waals surface area contributed by atoms with E-state index in [-0.39, 0.29) is 12.1 Å². The molecule has 0 radical (unpaired) electrons. The Morgan fingerprint density at radius 1 is 0.564 bits per heavy atom. The number of aryl methyl sites for hydroxylation is 2. The fourth-order valence-electron chi connectivity index (χ4n) is 7.90. The van der Waals surface area contributed by atoms with Crippen LogP contribution < -0.4 is 16.4 Å². The van der Waals surface area contributed by atoms with E-state index in [1.807, 2.05) is 0 Å². The zero-order valence-electron chi connectivity index (χ0n) is 23.6. The SMILES string of the molecule is Cc1c2c3n(c4ccccc4n3c1C)-c1cc(C(C)(C)C)cc3c1B2c1c(C)c(C)n2c4ccccc4n-3c12. The van der Waals surface area contributed by atoms with Gasteiger partial charge in [0.05, 0.1) is 22.1 Å². The Hall–Kier alpha value is -4.12. The lowest BCUT2D eigenvalue weighted by molar-refractivity contribution is 0.589. The number of benzene rings is 3. The number of hydrogen-bond acceptors (Lipinski definition) is 0. The number of aromatic nitrogens is 4. The maximum atomic E-state index is 2.57. The van der Waals surface area contributed by atoms with Crippen molar-refractivity contribution in [1.29, 1.82) is 0 Å². The molecule has 0 saturated carbocycles. The minimum absolute atomic E-state index is 0.0156. The summed E-state index contributed by atoms with van der Waals surface area (Å²) in [6.07, 6.45) is 0. The molecule has 7 aromatic rings. The van der Waals surface area contributed by atoms with E-state index in [9.17, 15) is 0 Å². The normalized spacial score (nSPS) is 14.0. The van der Waals surface area contributed by atoms with Crippen molar-refractivity contribution in [1.82, 2.24) is 17.9 Å². The van der Waals surface area contributed by atoms with Crippen LogP contribution in [-0.4, -0.2) is 24.6 Å². The van der Waals surface area contributed by atoms with E-state index in [0.717, 1.165) is 0 Å². The molecule has 0 N–H and O–H groups in total. The topological polar surface area (TPSA) is 18.7 Å². The molecule has 4 aromatic heterocycles. The fourth-order valence-corrected chi connectivity index (χ4v) is 7.90. The van der Waals surface area contributed by atoms with E-state index in [1.54, 1.807) is 0 Å². The number of fused-ring (bicyclic) bond motifs is 10. The van der Waals surface area contributed by atoms with Gasteiger partial charge >= 0.3 is 0 Å². The summed E-state index contributed by atoms with van der Waals surface area (Å²) in [5.74, 6) is 0. The summed E-state index contributed by atoms with van der Waals surface area (Å²) in [5.41, 5.74) is 21.7. The Balaban J connectivity index is 1.62. The highest BCUT2D eigenvalue weighted by molar-refractivity contribution is 7.00. The summed E-state index contributed by atoms with van der Waals surface area (Å²) in [5, 5.41) is 0. The minimum atomic E-state index is 0.0156. The van der Waals surface area contributed by atoms with Crippen LogP contribution in [0.5, 0.6) is 0 Å². The van der Waals surface area contributed by atoms with E-state index in [1.165, 1.54) is 89.2 Å². The van der Waals surface area contributed by atoms with Crippen LogP contribution in [-0.2, 0) is 5.41 Å². The molecule has 0 atom stereocenters. The van der Waals surface area contributed by atoms with Gasteiger partial charge in [-0.05, 0) is 103 Å². The predicted molar refractivity (Wildman–Crippen MR) is 164 cm³/mol. The number of nitrogens with zero attached hydrogens (tertiary/aromatic N) is 4. The van der Waals surface area contributed by atoms with Gasteiger partial charge in [-0.15, -0.1) is 0 Å². The van der Waals surface area contributed by atoms with Crippen molar-refractivity contribution in [2.75, 3.05) is 0 Å². The predicted octanol–water partition coefficient (Wildman–Crippen LogP) is 5.75. The molecule has 190 valence electrons. The number of rotatable bonds is 0. The standard InChI is InChI=1S/C34H31BN4/c1-18-20(3)36-23-12-8-10-14-25(23)38-27-16-22(34(5,6)7)17-28-31(27)35(29(18)32(36)38)30-19(2)21(4)37-24-13-9-11-15-26(24)39(28)33(30)37/h8-17H,1-7H3. The summed E-state index contributed by atoms with van der Waals surface area (Å²) in [4.78, 5) is 0. The van der Waals surface area contributed by atoms with Gasteiger partial charge in [-0.3, -0.25) is 17.9 Å². The van der Waals surface area contributed by atoms with Crippen molar-refractivity contribution in [2.45, 2.75) is 53.9 Å². The fraction of sp³-hybridized carbons (Fsp3) is 0.235. The third-order valence-electron chi connectivity index (χ3n) is 9.97. The molecule has 2 aliphatic heterocycles. The first-order chi connectivity index (χ1) is 18.7. The van der Waals surface area contributed by atoms with Gasteiger partial charge in [-0.1, -0.05) is 45.0 Å². The molecule has 0 unspecified atom stereocenters. The quantitative estimate of drug-likeness (QED) is 0.233. The van der Waals surface area contributed by atoms with Crippen LogP contribution in [0.4, 0.5) is 0 Å². The van der Waals surface area contributed by atoms with Gasteiger partial charge in [0.1, 0.15) is 11.3 Å². The summed E-state index contributed by atoms with van der Waals surface area (Å²) in [7, 11) is 0. The van der Waals surface area contributed by atoms with Gasteiger partial charge in [-0.25, -0.2) is 0 Å². The molecule has 6 heterocycles. The van der Waals surface area contributed by atoms with Crippen LogP contribution >= 0.6 is 0 Å². The monoisotopic (exact) mass is 506 g/mol. The summed E-state index contributed by atoms with van der Waals surface area (Å²) in [6, 6.07) is 22.9. The lowest BCUT2D eigenvalue weighted by Crippen LogP contribution is -2.60. The zero-order chi connectivity index (χ0) is 26.7. The van der Waals surface area contributed by atoms with Crippen molar-refractivity contribution >= 4 is 56.5 Å². The molecule has 0 amide bonds. The smallest absolute Gasteiger partial charge is 0.257 e. The molecule has 0 fully saturated rings. The van der Waals surface area contributed by atoms with Gasteiger partial charge in [0.25, 0.3) is 6.71 Å². The third-order valence-corrected chi connectivity index (χ3v) is 9.97. The molecule has 3 aromatic carbocycles. The first-order valence-corrected chi connectivity index (χ1v) is 14.1. The average molecular weight is 506 g/mol. The molecular formula is C34H31BN4. The number of hydrogen-bond donors (Lipinski definition) is 0. The molecule has 5 heteroatoms. The molecular weight excluding hydrogens is 475 g/mol. The highest BCUT2D eigenvalue weighted by atomic mass is 15.2. The highest BCUT2D eigenvalue weighted by Gasteiger charge is 2.45. The molecule has 0 bridgehead atoms. The highest BCUT2D eigenvalue weighted by Crippen LogP contribution is 2.39. The van der Waals surface area contributed by atoms with Crippen LogP contribution in [0.3, 0.4) is 0 Å². The lowest BCUT2D eigenvalue weighted by atomic mass is 9.34. The maximum absolute atomic E-state index is 2.57. The maximum Gasteiger partial charge on any atom is 0.257 e. The van der Waals surface area contributed by atoms with Gasteiger partial charge in [-0.2, -0.15) is 0 Å². The Morgan fingerprint density at radius 3 is 1.38 bits per heavy atom. The largest absolute Gasteiger partial charge is 0.298 e. The molecule has 39 heavy (non-hydrogen) atoms. The lowest BCUT2D eigenvalue weighted by Gasteiger charge is -2.34. The second kappa shape index (κ2) is 6.53. The van der Waals surface area contributed by atoms with Crippen LogP contribution in [0.2, 0.25) is 0 Å². The number of para-hydroxylation sites is 4. The zero-order valence-corrected chi connectivity index (χ0v) is 23.6. The molecule has 0 spiro atoms. The van der Waals surface area contributed by atoms with E-state index < -0.39 is 0 Å².